The third kappa shape index (κ3) is 2.96. The number of hydrogen-bond donors (Lipinski definition) is 0. The Bertz CT molecular complexity index is 74.8. The molecule has 0 atom stereocenters. The van der Waals surface area contributed by atoms with E-state index in [1.54, 1.807) is 0 Å². The molecule has 0 saturated heterocycles. The minimum absolute atomic E-state index is 1.01. The normalized spacial score (nSPS) is 20.1. The van der Waals surface area contributed by atoms with E-state index >= 15 is 0 Å². The van der Waals surface area contributed by atoms with Gasteiger partial charge in [0.15, 0.2) is 0 Å². The first-order valence-electron chi connectivity index (χ1n) is 4.33. The van der Waals surface area contributed by atoms with Crippen molar-refractivity contribution in [1.82, 2.24) is 0 Å². The molecule has 0 heterocycles. The molecular formula is C9H17S. The van der Waals surface area contributed by atoms with E-state index < -0.39 is 0 Å². The second-order valence-corrected chi connectivity index (χ2v) is 4.38. The third-order valence-electron chi connectivity index (χ3n) is 2.06. The Labute approximate surface area is 68.8 Å². The molecule has 1 rings (SSSR count). The van der Waals surface area contributed by atoms with Crippen molar-refractivity contribution in [2.75, 3.05) is 5.75 Å². The summed E-state index contributed by atoms with van der Waals surface area (Å²) in [6.45, 7) is 2.15. The first-order chi connectivity index (χ1) is 4.93. The molecule has 1 aliphatic carbocycles. The molecule has 0 amide bonds. The first kappa shape index (κ1) is 8.45. The van der Waals surface area contributed by atoms with Crippen molar-refractivity contribution in [2.45, 2.75) is 44.3 Å². The number of unbranched alkanes of at least 4 members (excludes halogenated alkanes) is 1. The molecule has 0 aromatic carbocycles. The maximum atomic E-state index is 2.27. The van der Waals surface area contributed by atoms with Crippen molar-refractivity contribution in [2.24, 2.45) is 0 Å². The SMILES string of the molecule is C[CH]CCSC1CCCC1. The van der Waals surface area contributed by atoms with Crippen LogP contribution in [-0.4, -0.2) is 11.0 Å². The summed E-state index contributed by atoms with van der Waals surface area (Å²) < 4.78 is 0. The fraction of sp³-hybridized carbons (Fsp3) is 0.889. The van der Waals surface area contributed by atoms with Crippen LogP contribution < -0.4 is 0 Å². The van der Waals surface area contributed by atoms with Crippen LogP contribution in [0.25, 0.3) is 0 Å². The molecule has 0 bridgehead atoms. The number of thioether (sulfide) groups is 1. The Hall–Kier alpha value is 0.350. The average Bonchev–Trinajstić information content (AvgIpc) is 2.41. The second-order valence-electron chi connectivity index (χ2n) is 2.97. The van der Waals surface area contributed by atoms with E-state index in [2.05, 4.69) is 25.1 Å². The van der Waals surface area contributed by atoms with Crippen molar-refractivity contribution in [1.29, 1.82) is 0 Å². The molecule has 1 fully saturated rings. The minimum atomic E-state index is 1.01. The van der Waals surface area contributed by atoms with Crippen LogP contribution in [-0.2, 0) is 0 Å². The Kier molecular flexibility index (Phi) is 4.27. The molecule has 10 heavy (non-hydrogen) atoms. The van der Waals surface area contributed by atoms with Crippen LogP contribution in [0.2, 0.25) is 0 Å². The summed E-state index contributed by atoms with van der Waals surface area (Å²) in [6, 6.07) is 0. The maximum absolute atomic E-state index is 2.27. The van der Waals surface area contributed by atoms with Gasteiger partial charge in [0.05, 0.1) is 0 Å². The number of rotatable bonds is 4. The lowest BCUT2D eigenvalue weighted by molar-refractivity contribution is 0.886. The van der Waals surface area contributed by atoms with Crippen molar-refractivity contribution < 1.29 is 0 Å². The molecule has 1 aliphatic rings. The molecule has 1 radical (unpaired) electrons. The van der Waals surface area contributed by atoms with Crippen LogP contribution in [0, 0.1) is 6.42 Å². The molecule has 0 aliphatic heterocycles. The van der Waals surface area contributed by atoms with Crippen LogP contribution >= 0.6 is 11.8 Å². The highest BCUT2D eigenvalue weighted by molar-refractivity contribution is 7.99. The van der Waals surface area contributed by atoms with Gasteiger partial charge in [0.2, 0.25) is 0 Å². The predicted octanol–water partition coefficient (Wildman–Crippen LogP) is 3.28. The quantitative estimate of drug-likeness (QED) is 0.564. The zero-order chi connectivity index (χ0) is 7.23. The van der Waals surface area contributed by atoms with Crippen LogP contribution in [0.1, 0.15) is 39.0 Å². The topological polar surface area (TPSA) is 0 Å². The van der Waals surface area contributed by atoms with E-state index in [1.165, 1.54) is 37.9 Å². The van der Waals surface area contributed by atoms with E-state index in [-0.39, 0.29) is 0 Å². The van der Waals surface area contributed by atoms with Crippen molar-refractivity contribution >= 4 is 11.8 Å². The molecule has 0 spiro atoms. The molecule has 0 N–H and O–H groups in total. The first-order valence-corrected chi connectivity index (χ1v) is 5.38. The molecule has 1 saturated carbocycles. The van der Waals surface area contributed by atoms with Crippen LogP contribution in [0.15, 0.2) is 0 Å². The highest BCUT2D eigenvalue weighted by Gasteiger charge is 2.13. The summed E-state index contributed by atoms with van der Waals surface area (Å²) in [7, 11) is 0. The highest BCUT2D eigenvalue weighted by atomic mass is 32.2. The van der Waals surface area contributed by atoms with Gasteiger partial charge in [0.25, 0.3) is 0 Å². The fourth-order valence-corrected chi connectivity index (χ4v) is 2.78. The van der Waals surface area contributed by atoms with Crippen molar-refractivity contribution in [3.8, 4) is 0 Å². The lowest BCUT2D eigenvalue weighted by atomic mass is 10.4. The van der Waals surface area contributed by atoms with Gasteiger partial charge in [-0.3, -0.25) is 0 Å². The standard InChI is InChI=1S/C9H17S/c1-2-3-8-10-9-6-4-5-7-9/h2,9H,3-8H2,1H3. The smallest absolute Gasteiger partial charge is 0.00470 e. The average molecular weight is 157 g/mol. The van der Waals surface area contributed by atoms with Gasteiger partial charge in [-0.1, -0.05) is 19.8 Å². The number of hydrogen-bond acceptors (Lipinski definition) is 1. The summed E-state index contributed by atoms with van der Waals surface area (Å²) in [5.74, 6) is 1.35. The maximum Gasteiger partial charge on any atom is 0.00470 e. The monoisotopic (exact) mass is 157 g/mol. The van der Waals surface area contributed by atoms with E-state index in [4.69, 9.17) is 0 Å². The summed E-state index contributed by atoms with van der Waals surface area (Å²) in [4.78, 5) is 0. The van der Waals surface area contributed by atoms with Gasteiger partial charge in [-0.2, -0.15) is 11.8 Å². The van der Waals surface area contributed by atoms with Crippen LogP contribution in [0.3, 0.4) is 0 Å². The molecule has 59 valence electrons. The lowest BCUT2D eigenvalue weighted by Crippen LogP contribution is -1.95. The van der Waals surface area contributed by atoms with Gasteiger partial charge >= 0.3 is 0 Å². The summed E-state index contributed by atoms with van der Waals surface area (Å²) >= 11 is 2.18. The Morgan fingerprint density at radius 2 is 2.10 bits per heavy atom. The van der Waals surface area contributed by atoms with Gasteiger partial charge in [-0.05, 0) is 31.4 Å². The fourth-order valence-electron chi connectivity index (χ4n) is 1.41. The molecular weight excluding hydrogens is 140 g/mol. The van der Waals surface area contributed by atoms with Gasteiger partial charge in [0, 0.05) is 5.25 Å². The van der Waals surface area contributed by atoms with E-state index in [0.29, 0.717) is 0 Å². The molecule has 0 aromatic heterocycles. The van der Waals surface area contributed by atoms with Crippen LogP contribution in [0.5, 0.6) is 0 Å². The molecule has 1 heteroatoms. The Morgan fingerprint density at radius 3 is 2.70 bits per heavy atom. The molecule has 0 aromatic rings. The molecule has 0 unspecified atom stereocenters. The minimum Gasteiger partial charge on any atom is -0.159 e. The second kappa shape index (κ2) is 5.06. The predicted molar refractivity (Wildman–Crippen MR) is 49.3 cm³/mol. The van der Waals surface area contributed by atoms with Gasteiger partial charge in [-0.15, -0.1) is 0 Å². The van der Waals surface area contributed by atoms with Crippen molar-refractivity contribution in [3.63, 3.8) is 0 Å². The summed E-state index contributed by atoms with van der Waals surface area (Å²) in [5, 5.41) is 1.01. The summed E-state index contributed by atoms with van der Waals surface area (Å²) in [6.07, 6.45) is 9.48. The van der Waals surface area contributed by atoms with E-state index in [9.17, 15) is 0 Å². The van der Waals surface area contributed by atoms with Gasteiger partial charge in [-0.25, -0.2) is 0 Å². The summed E-state index contributed by atoms with van der Waals surface area (Å²) in [5.41, 5.74) is 0. The Morgan fingerprint density at radius 1 is 1.40 bits per heavy atom. The van der Waals surface area contributed by atoms with Gasteiger partial charge in [0.1, 0.15) is 0 Å². The van der Waals surface area contributed by atoms with Gasteiger partial charge < -0.3 is 0 Å². The Balaban J connectivity index is 1.91. The van der Waals surface area contributed by atoms with E-state index in [0.717, 1.165) is 5.25 Å². The third-order valence-corrected chi connectivity index (χ3v) is 3.48. The zero-order valence-corrected chi connectivity index (χ0v) is 7.62. The van der Waals surface area contributed by atoms with E-state index in [1.807, 2.05) is 0 Å². The largest absolute Gasteiger partial charge is 0.159 e. The lowest BCUT2D eigenvalue weighted by Gasteiger charge is -2.06. The van der Waals surface area contributed by atoms with Crippen molar-refractivity contribution in [3.05, 3.63) is 6.42 Å². The highest BCUT2D eigenvalue weighted by Crippen LogP contribution is 2.29. The van der Waals surface area contributed by atoms with Crippen LogP contribution in [0.4, 0.5) is 0 Å². The zero-order valence-electron chi connectivity index (χ0n) is 6.81. The molecule has 0 nitrogen and oxygen atoms in total.